The summed E-state index contributed by atoms with van der Waals surface area (Å²) in [6.07, 6.45) is 0.769. The molecule has 280 valence electrons. The van der Waals surface area contributed by atoms with Crippen LogP contribution in [0.3, 0.4) is 0 Å². The Labute approximate surface area is 324 Å². The molecule has 1 aliphatic carbocycles. The van der Waals surface area contributed by atoms with Crippen molar-refractivity contribution in [1.29, 1.82) is 0 Å². The number of hydrogen-bond acceptors (Lipinski definition) is 6. The number of hydrogen-bond donors (Lipinski definition) is 0. The van der Waals surface area contributed by atoms with Gasteiger partial charge in [0.1, 0.15) is 35.9 Å². The number of benzene rings is 6. The van der Waals surface area contributed by atoms with Crippen molar-refractivity contribution in [3.8, 4) is 11.5 Å². The maximum atomic E-state index is 7.08. The van der Waals surface area contributed by atoms with Crippen LogP contribution in [0.4, 0.5) is 0 Å². The number of rotatable bonds is 18. The molecule has 6 aromatic carbocycles. The van der Waals surface area contributed by atoms with Crippen molar-refractivity contribution in [2.45, 2.75) is 57.3 Å². The normalized spacial score (nSPS) is 18.0. The van der Waals surface area contributed by atoms with Gasteiger partial charge >= 0.3 is 0 Å². The van der Waals surface area contributed by atoms with Crippen LogP contribution in [0, 0.1) is 0 Å². The molecular formula is C49H48O6. The van der Waals surface area contributed by atoms with Crippen LogP contribution in [0.15, 0.2) is 182 Å². The van der Waals surface area contributed by atoms with Gasteiger partial charge in [0.15, 0.2) is 0 Å². The van der Waals surface area contributed by atoms with E-state index in [9.17, 15) is 0 Å². The minimum Gasteiger partial charge on any atom is -0.497 e. The van der Waals surface area contributed by atoms with Crippen LogP contribution in [-0.2, 0) is 51.8 Å². The highest BCUT2D eigenvalue weighted by molar-refractivity contribution is 5.40. The van der Waals surface area contributed by atoms with Crippen LogP contribution in [0.1, 0.15) is 33.4 Å². The zero-order valence-corrected chi connectivity index (χ0v) is 31.2. The van der Waals surface area contributed by atoms with Gasteiger partial charge in [-0.15, -0.1) is 0 Å². The quantitative estimate of drug-likeness (QED) is 0.0821. The first-order valence-electron chi connectivity index (χ1n) is 18.9. The summed E-state index contributed by atoms with van der Waals surface area (Å²) >= 11 is 0. The Morgan fingerprint density at radius 2 is 0.927 bits per heavy atom. The Balaban J connectivity index is 1.25. The molecule has 4 unspecified atom stereocenters. The lowest BCUT2D eigenvalue weighted by molar-refractivity contribution is -0.169. The third kappa shape index (κ3) is 10.8. The second kappa shape index (κ2) is 19.7. The van der Waals surface area contributed by atoms with E-state index in [4.69, 9.17) is 28.4 Å². The fourth-order valence-corrected chi connectivity index (χ4v) is 6.81. The Hall–Kier alpha value is -5.50. The molecular weight excluding hydrogens is 685 g/mol. The summed E-state index contributed by atoms with van der Waals surface area (Å²) in [6.45, 7) is 1.94. The van der Waals surface area contributed by atoms with Crippen molar-refractivity contribution in [2.75, 3.05) is 13.7 Å². The minimum absolute atomic E-state index is 0.332. The summed E-state index contributed by atoms with van der Waals surface area (Å²) in [5.74, 6) is 1.61. The van der Waals surface area contributed by atoms with E-state index in [2.05, 4.69) is 72.8 Å². The molecule has 0 saturated carbocycles. The highest BCUT2D eigenvalue weighted by Gasteiger charge is 2.44. The molecule has 0 radical (unpaired) electrons. The summed E-state index contributed by atoms with van der Waals surface area (Å²) in [5.41, 5.74) is 7.45. The molecule has 7 rings (SSSR count). The van der Waals surface area contributed by atoms with E-state index in [0.717, 1.165) is 50.5 Å². The van der Waals surface area contributed by atoms with Crippen LogP contribution in [-0.4, -0.2) is 38.1 Å². The highest BCUT2D eigenvalue weighted by atomic mass is 16.6. The maximum absolute atomic E-state index is 7.08. The van der Waals surface area contributed by atoms with Crippen molar-refractivity contribution < 1.29 is 28.4 Å². The van der Waals surface area contributed by atoms with Crippen molar-refractivity contribution in [2.24, 2.45) is 0 Å². The second-order valence-electron chi connectivity index (χ2n) is 13.7. The Morgan fingerprint density at radius 1 is 0.436 bits per heavy atom. The van der Waals surface area contributed by atoms with E-state index in [0.29, 0.717) is 39.5 Å². The van der Waals surface area contributed by atoms with Crippen LogP contribution in [0.25, 0.3) is 0 Å². The lowest BCUT2D eigenvalue weighted by Crippen LogP contribution is -2.54. The topological polar surface area (TPSA) is 55.4 Å². The standard InChI is InChI=1S/C49H48O6/c1-50-44-28-26-37(27-29-44)30-42-24-14-15-25-45(42)55-46-31-43(36-51-32-38-16-6-2-7-17-38)47(52-33-39-18-8-3-9-19-39)49(54-35-41-22-12-5-13-23-41)48(46)53-34-40-20-10-4-11-21-40/h2-29,31,46-49H,30,32-36H2,1H3. The predicted molar refractivity (Wildman–Crippen MR) is 216 cm³/mol. The molecule has 6 nitrogen and oxygen atoms in total. The third-order valence-corrected chi connectivity index (χ3v) is 9.70. The average Bonchev–Trinajstić information content (AvgIpc) is 3.24. The van der Waals surface area contributed by atoms with Crippen molar-refractivity contribution >= 4 is 0 Å². The maximum Gasteiger partial charge on any atom is 0.146 e. The van der Waals surface area contributed by atoms with Gasteiger partial charge in [-0.05, 0) is 63.2 Å². The van der Waals surface area contributed by atoms with Crippen LogP contribution in [0.5, 0.6) is 11.5 Å². The Morgan fingerprint density at radius 3 is 1.49 bits per heavy atom. The van der Waals surface area contributed by atoms with Gasteiger partial charge in [0, 0.05) is 6.42 Å². The molecule has 6 aromatic rings. The SMILES string of the molecule is COc1ccc(Cc2ccccc2OC2C=C(COCc3ccccc3)C(OCc3ccccc3)C(OCc3ccccc3)C2OCc2ccccc2)cc1. The van der Waals surface area contributed by atoms with E-state index in [-0.39, 0.29) is 0 Å². The van der Waals surface area contributed by atoms with Crippen LogP contribution >= 0.6 is 0 Å². The van der Waals surface area contributed by atoms with Gasteiger partial charge in [0.05, 0.1) is 40.1 Å². The molecule has 0 amide bonds. The second-order valence-corrected chi connectivity index (χ2v) is 13.7. The third-order valence-electron chi connectivity index (χ3n) is 9.70. The van der Waals surface area contributed by atoms with Gasteiger partial charge in [0.2, 0.25) is 0 Å². The number of para-hydroxylation sites is 1. The first-order valence-corrected chi connectivity index (χ1v) is 18.9. The van der Waals surface area contributed by atoms with Gasteiger partial charge in [-0.3, -0.25) is 0 Å². The zero-order chi connectivity index (χ0) is 37.5. The van der Waals surface area contributed by atoms with Crippen LogP contribution in [0.2, 0.25) is 0 Å². The zero-order valence-electron chi connectivity index (χ0n) is 31.2. The van der Waals surface area contributed by atoms with Gasteiger partial charge in [-0.1, -0.05) is 152 Å². The van der Waals surface area contributed by atoms with E-state index >= 15 is 0 Å². The molecule has 0 bridgehead atoms. The van der Waals surface area contributed by atoms with E-state index in [1.165, 1.54) is 0 Å². The van der Waals surface area contributed by atoms with Gasteiger partial charge in [-0.2, -0.15) is 0 Å². The van der Waals surface area contributed by atoms with Crippen molar-refractivity contribution in [3.63, 3.8) is 0 Å². The van der Waals surface area contributed by atoms with E-state index < -0.39 is 24.4 Å². The van der Waals surface area contributed by atoms with Crippen LogP contribution < -0.4 is 9.47 Å². The Bertz CT molecular complexity index is 2030. The fourth-order valence-electron chi connectivity index (χ4n) is 6.81. The number of methoxy groups -OCH3 is 1. The molecule has 0 heterocycles. The predicted octanol–water partition coefficient (Wildman–Crippen LogP) is 9.95. The fraction of sp³-hybridized carbons (Fsp3) is 0.224. The summed E-state index contributed by atoms with van der Waals surface area (Å²) in [4.78, 5) is 0. The smallest absolute Gasteiger partial charge is 0.146 e. The first-order chi connectivity index (χ1) is 27.2. The number of ether oxygens (including phenoxy) is 6. The average molecular weight is 733 g/mol. The van der Waals surface area contributed by atoms with Gasteiger partial charge < -0.3 is 28.4 Å². The summed E-state index contributed by atoms with van der Waals surface area (Å²) in [7, 11) is 1.68. The lowest BCUT2D eigenvalue weighted by Gasteiger charge is -2.42. The van der Waals surface area contributed by atoms with Gasteiger partial charge in [0.25, 0.3) is 0 Å². The van der Waals surface area contributed by atoms with Crippen molar-refractivity contribution in [1.82, 2.24) is 0 Å². The molecule has 0 aliphatic heterocycles. The molecule has 0 aromatic heterocycles. The molecule has 0 fully saturated rings. The largest absolute Gasteiger partial charge is 0.497 e. The van der Waals surface area contributed by atoms with E-state index in [1.54, 1.807) is 7.11 Å². The molecule has 1 aliphatic rings. The molecule has 0 N–H and O–H groups in total. The first kappa shape index (κ1) is 37.8. The molecule has 4 atom stereocenters. The van der Waals surface area contributed by atoms with E-state index in [1.807, 2.05) is 103 Å². The molecule has 0 saturated heterocycles. The van der Waals surface area contributed by atoms with Crippen molar-refractivity contribution in [3.05, 3.63) is 215 Å². The monoisotopic (exact) mass is 732 g/mol. The molecule has 0 spiro atoms. The Kier molecular flexibility index (Phi) is 13.6. The minimum atomic E-state index is -0.535. The molecule has 6 heteroatoms. The summed E-state index contributed by atoms with van der Waals surface area (Å²) < 4.78 is 39.6. The molecule has 55 heavy (non-hydrogen) atoms. The lowest BCUT2D eigenvalue weighted by atomic mass is 9.88. The summed E-state index contributed by atoms with van der Waals surface area (Å²) in [5, 5.41) is 0. The highest BCUT2D eigenvalue weighted by Crippen LogP contribution is 2.34. The summed E-state index contributed by atoms with van der Waals surface area (Å²) in [6, 6.07) is 57.2. The van der Waals surface area contributed by atoms with Gasteiger partial charge in [-0.25, -0.2) is 0 Å².